The van der Waals surface area contributed by atoms with E-state index in [4.69, 9.17) is 0 Å². The Kier molecular flexibility index (Phi) is 6.40. The summed E-state index contributed by atoms with van der Waals surface area (Å²) in [6.07, 6.45) is -8.84. The largest absolute Gasteiger partial charge is 0.416 e. The number of sulfone groups is 1. The molecule has 1 aromatic rings. The number of thioether (sulfide) groups is 1. The number of benzene rings is 1. The second kappa shape index (κ2) is 8.30. The smallest absolute Gasteiger partial charge is 0.316 e. The molecule has 5 nitrogen and oxygen atoms in total. The molecule has 2 aliphatic rings. The zero-order valence-electron chi connectivity index (χ0n) is 16.1. The van der Waals surface area contributed by atoms with Crippen LogP contribution in [0.4, 0.5) is 32.0 Å². The molecular formula is C18H18F6N2O3S2. The molecule has 13 heteroatoms. The average Bonchev–Trinajstić information content (AvgIpc) is 3.08. The first kappa shape index (κ1) is 23.9. The highest BCUT2D eigenvalue weighted by molar-refractivity contribution is 8.16. The van der Waals surface area contributed by atoms with Crippen LogP contribution >= 0.6 is 11.8 Å². The third kappa shape index (κ3) is 5.36. The van der Waals surface area contributed by atoms with Crippen molar-refractivity contribution in [2.24, 2.45) is 4.99 Å². The van der Waals surface area contributed by atoms with Crippen LogP contribution < -0.4 is 4.90 Å². The van der Waals surface area contributed by atoms with Crippen molar-refractivity contribution in [3.8, 4) is 0 Å². The van der Waals surface area contributed by atoms with Gasteiger partial charge in [0.15, 0.2) is 15.0 Å². The molecule has 3 rings (SSSR count). The van der Waals surface area contributed by atoms with Gasteiger partial charge >= 0.3 is 12.4 Å². The maximum absolute atomic E-state index is 13.3. The number of carbonyl (C=O) groups is 1. The lowest BCUT2D eigenvalue weighted by Gasteiger charge is -2.26. The summed E-state index contributed by atoms with van der Waals surface area (Å²) in [7, 11) is -3.54. The van der Waals surface area contributed by atoms with Crippen LogP contribution in [-0.4, -0.2) is 42.3 Å². The topological polar surface area (TPSA) is 66.8 Å². The summed E-state index contributed by atoms with van der Waals surface area (Å²) in [5.74, 6) is -1.32. The Balaban J connectivity index is 2.12. The van der Waals surface area contributed by atoms with E-state index in [1.807, 2.05) is 6.92 Å². The second-order valence-electron chi connectivity index (χ2n) is 7.33. The molecule has 2 aliphatic heterocycles. The van der Waals surface area contributed by atoms with Gasteiger partial charge in [0.05, 0.1) is 28.7 Å². The molecule has 2 fully saturated rings. The SMILES string of the molecule is CCCCC(=O)N=C1S[C@@H]2CS(=O)(=O)C[C@H]2N1c1cc(C(F)(F)F)cc(C(F)(F)F)c1. The first-order valence-corrected chi connectivity index (χ1v) is 12.0. The summed E-state index contributed by atoms with van der Waals surface area (Å²) >= 11 is 0.888. The molecule has 1 amide bonds. The van der Waals surface area contributed by atoms with Gasteiger partial charge in [0, 0.05) is 17.4 Å². The standard InChI is InChI=1S/C18H18F6N2O3S2/c1-2-3-4-15(27)25-16-26(13-8-31(28,29)9-14(13)30-16)12-6-10(17(19,20)21)5-11(7-12)18(22,23)24/h5-7,13-14H,2-4,8-9H2,1H3/t13-,14-/m1/s1. The first-order valence-electron chi connectivity index (χ1n) is 9.28. The monoisotopic (exact) mass is 488 g/mol. The van der Waals surface area contributed by atoms with E-state index in [-0.39, 0.29) is 23.4 Å². The number of amidine groups is 1. The Hall–Kier alpha value is -1.76. The molecule has 1 aromatic carbocycles. The molecule has 0 N–H and O–H groups in total. The maximum atomic E-state index is 13.3. The van der Waals surface area contributed by atoms with Crippen LogP contribution in [0.15, 0.2) is 23.2 Å². The van der Waals surface area contributed by atoms with Crippen molar-refractivity contribution in [3.63, 3.8) is 0 Å². The number of nitrogens with zero attached hydrogens (tertiary/aromatic N) is 2. The average molecular weight is 488 g/mol. The molecule has 172 valence electrons. The molecule has 2 heterocycles. The number of fused-ring (bicyclic) bond motifs is 1. The van der Waals surface area contributed by atoms with E-state index in [9.17, 15) is 39.6 Å². The number of alkyl halides is 6. The van der Waals surface area contributed by atoms with Crippen molar-refractivity contribution in [2.75, 3.05) is 16.4 Å². The van der Waals surface area contributed by atoms with Gasteiger partial charge in [-0.2, -0.15) is 31.3 Å². The predicted octanol–water partition coefficient (Wildman–Crippen LogP) is 4.52. The zero-order chi connectivity index (χ0) is 23.2. The molecule has 2 saturated heterocycles. The van der Waals surface area contributed by atoms with Crippen molar-refractivity contribution in [2.45, 2.75) is 49.8 Å². The van der Waals surface area contributed by atoms with E-state index >= 15 is 0 Å². The van der Waals surface area contributed by atoms with E-state index in [0.717, 1.165) is 16.7 Å². The fraction of sp³-hybridized carbons (Fsp3) is 0.556. The van der Waals surface area contributed by atoms with Crippen LogP contribution in [-0.2, 0) is 27.0 Å². The third-order valence-electron chi connectivity index (χ3n) is 4.88. The predicted molar refractivity (Wildman–Crippen MR) is 105 cm³/mol. The fourth-order valence-corrected chi connectivity index (χ4v) is 7.37. The summed E-state index contributed by atoms with van der Waals surface area (Å²) in [6.45, 7) is 1.84. The Morgan fingerprint density at radius 2 is 1.68 bits per heavy atom. The van der Waals surface area contributed by atoms with E-state index in [0.29, 0.717) is 25.0 Å². The van der Waals surface area contributed by atoms with E-state index < -0.39 is 62.0 Å². The van der Waals surface area contributed by atoms with Gasteiger partial charge in [-0.1, -0.05) is 25.1 Å². The van der Waals surface area contributed by atoms with Gasteiger partial charge in [0.25, 0.3) is 0 Å². The number of carbonyl (C=O) groups excluding carboxylic acids is 1. The molecular weight excluding hydrogens is 470 g/mol. The minimum Gasteiger partial charge on any atom is -0.316 e. The summed E-state index contributed by atoms with van der Waals surface area (Å²) in [4.78, 5) is 17.1. The number of hydrogen-bond acceptors (Lipinski definition) is 4. The lowest BCUT2D eigenvalue weighted by molar-refractivity contribution is -0.143. The minimum absolute atomic E-state index is 0.00119. The maximum Gasteiger partial charge on any atom is 0.416 e. The van der Waals surface area contributed by atoms with Gasteiger partial charge in [-0.05, 0) is 24.6 Å². The number of rotatable bonds is 4. The van der Waals surface area contributed by atoms with Crippen molar-refractivity contribution < 1.29 is 39.6 Å². The molecule has 0 aliphatic carbocycles. The summed E-state index contributed by atoms with van der Waals surface area (Å²) in [6, 6.07) is 0.126. The van der Waals surface area contributed by atoms with Gasteiger partial charge in [-0.3, -0.25) is 4.79 Å². The van der Waals surface area contributed by atoms with Crippen molar-refractivity contribution in [1.29, 1.82) is 0 Å². The molecule has 0 saturated carbocycles. The number of halogens is 6. The Labute approximate surface area is 178 Å². The summed E-state index contributed by atoms with van der Waals surface area (Å²) < 4.78 is 104. The van der Waals surface area contributed by atoms with E-state index in [1.165, 1.54) is 0 Å². The highest BCUT2D eigenvalue weighted by Crippen LogP contribution is 2.44. The Morgan fingerprint density at radius 1 is 1.10 bits per heavy atom. The van der Waals surface area contributed by atoms with Gasteiger partial charge in [0.2, 0.25) is 5.91 Å². The second-order valence-corrected chi connectivity index (χ2v) is 10.7. The van der Waals surface area contributed by atoms with Gasteiger partial charge in [-0.15, -0.1) is 0 Å². The summed E-state index contributed by atoms with van der Waals surface area (Å²) in [5, 5.41) is -0.731. The zero-order valence-corrected chi connectivity index (χ0v) is 17.8. The number of amides is 1. The summed E-state index contributed by atoms with van der Waals surface area (Å²) in [5.41, 5.74) is -3.55. The van der Waals surface area contributed by atoms with Gasteiger partial charge < -0.3 is 4.90 Å². The van der Waals surface area contributed by atoms with Crippen LogP contribution in [0.1, 0.15) is 37.3 Å². The molecule has 31 heavy (non-hydrogen) atoms. The molecule has 2 atom stereocenters. The Morgan fingerprint density at radius 3 is 2.19 bits per heavy atom. The van der Waals surface area contributed by atoms with Crippen molar-refractivity contribution in [3.05, 3.63) is 29.3 Å². The highest BCUT2D eigenvalue weighted by Gasteiger charge is 2.50. The van der Waals surface area contributed by atoms with Crippen LogP contribution in [0.3, 0.4) is 0 Å². The number of aliphatic imine (C=N–C) groups is 1. The van der Waals surface area contributed by atoms with Gasteiger partial charge in [-0.25, -0.2) is 8.42 Å². The third-order valence-corrected chi connectivity index (χ3v) is 8.09. The van der Waals surface area contributed by atoms with Crippen molar-refractivity contribution in [1.82, 2.24) is 0 Å². The van der Waals surface area contributed by atoms with E-state index in [2.05, 4.69) is 4.99 Å². The number of hydrogen-bond donors (Lipinski definition) is 0. The first-order chi connectivity index (χ1) is 14.2. The fourth-order valence-electron chi connectivity index (χ4n) is 3.43. The molecule has 0 bridgehead atoms. The molecule has 0 unspecified atom stereocenters. The van der Waals surface area contributed by atoms with E-state index in [1.54, 1.807) is 0 Å². The molecule has 0 spiro atoms. The lowest BCUT2D eigenvalue weighted by atomic mass is 10.1. The highest BCUT2D eigenvalue weighted by atomic mass is 32.2. The van der Waals surface area contributed by atoms with Crippen LogP contribution in [0.2, 0.25) is 0 Å². The van der Waals surface area contributed by atoms with Crippen LogP contribution in [0.25, 0.3) is 0 Å². The van der Waals surface area contributed by atoms with Crippen LogP contribution in [0, 0.1) is 0 Å². The van der Waals surface area contributed by atoms with Crippen LogP contribution in [0.5, 0.6) is 0 Å². The lowest BCUT2D eigenvalue weighted by Crippen LogP contribution is -2.38. The Bertz CT molecular complexity index is 972. The number of unbranched alkanes of at least 4 members (excludes halogenated alkanes) is 1. The number of anilines is 1. The molecule has 0 radical (unpaired) electrons. The van der Waals surface area contributed by atoms with Gasteiger partial charge in [0.1, 0.15) is 0 Å². The molecule has 0 aromatic heterocycles. The normalized spacial score (nSPS) is 24.6. The quantitative estimate of drug-likeness (QED) is 0.584. The van der Waals surface area contributed by atoms with Crippen molar-refractivity contribution >= 4 is 38.4 Å². The minimum atomic E-state index is -5.06.